The maximum atomic E-state index is 9.97. The normalized spacial score (nSPS) is 12.9. The molecule has 0 aliphatic carbocycles. The largest absolute Gasteiger partial charge is 0.306 e. The molecule has 2 nitrogen and oxygen atoms in total. The summed E-state index contributed by atoms with van der Waals surface area (Å²) < 4.78 is 18.2. The maximum Gasteiger partial charge on any atom is 0.156 e. The Kier molecular flexibility index (Phi) is 3.73. The lowest BCUT2D eigenvalue weighted by Crippen LogP contribution is -1.89. The van der Waals surface area contributed by atoms with Crippen molar-refractivity contribution in [2.45, 2.75) is 13.8 Å². The summed E-state index contributed by atoms with van der Waals surface area (Å²) >= 11 is -1.66. The second-order valence-corrected chi connectivity index (χ2v) is 2.75. The first-order valence-electron chi connectivity index (χ1n) is 2.33. The molecule has 0 aliphatic rings. The van der Waals surface area contributed by atoms with Gasteiger partial charge in [0.15, 0.2) is 11.1 Å². The summed E-state index contributed by atoms with van der Waals surface area (Å²) in [6, 6.07) is 0. The van der Waals surface area contributed by atoms with Gasteiger partial charge >= 0.3 is 0 Å². The molecule has 0 aliphatic heterocycles. The van der Waals surface area contributed by atoms with Gasteiger partial charge in [0.05, 0.1) is 5.75 Å². The molecule has 48 valence electrons. The van der Waals surface area contributed by atoms with Crippen LogP contribution in [0.3, 0.4) is 0 Å². The first-order valence-corrected chi connectivity index (χ1v) is 3.61. The molecule has 0 saturated carbocycles. The highest BCUT2D eigenvalue weighted by atomic mass is 32.2. The molecular formula is C5H10O2S. The van der Waals surface area contributed by atoms with E-state index in [-0.39, 0.29) is 5.75 Å². The first kappa shape index (κ1) is 7.85. The van der Waals surface area contributed by atoms with Crippen LogP contribution in [0.1, 0.15) is 13.8 Å². The standard InChI is InChI=1S/C5H10O2S/c1-5(2)3-4-8(6)7/h3H,4H2,1-2H3,(H,6,7). The fourth-order valence-electron chi connectivity index (χ4n) is 0.238. The molecule has 0 amide bonds. The van der Waals surface area contributed by atoms with Crippen molar-refractivity contribution in [3.8, 4) is 0 Å². The molecule has 0 aromatic rings. The SMILES string of the molecule is CC(C)=CCS(=O)O. The second-order valence-electron chi connectivity index (χ2n) is 1.77. The van der Waals surface area contributed by atoms with Crippen molar-refractivity contribution in [3.05, 3.63) is 11.6 Å². The minimum absolute atomic E-state index is 0.252. The molecule has 1 unspecified atom stereocenters. The first-order chi connectivity index (χ1) is 3.63. The van der Waals surface area contributed by atoms with E-state index in [1.807, 2.05) is 13.8 Å². The smallest absolute Gasteiger partial charge is 0.156 e. The third kappa shape index (κ3) is 5.85. The maximum absolute atomic E-state index is 9.97. The number of allylic oxidation sites excluding steroid dienone is 1. The van der Waals surface area contributed by atoms with E-state index < -0.39 is 11.1 Å². The minimum atomic E-state index is -1.66. The Labute approximate surface area is 51.9 Å². The molecule has 0 bridgehead atoms. The number of hydrogen-bond donors (Lipinski definition) is 1. The Hall–Kier alpha value is -0.150. The van der Waals surface area contributed by atoms with Crippen LogP contribution in [0, 0.1) is 0 Å². The Bertz CT molecular complexity index is 114. The van der Waals surface area contributed by atoms with Crippen LogP contribution >= 0.6 is 0 Å². The zero-order valence-electron chi connectivity index (χ0n) is 5.05. The molecule has 1 atom stereocenters. The third-order valence-corrected chi connectivity index (χ3v) is 1.09. The van der Waals surface area contributed by atoms with Crippen molar-refractivity contribution in [3.63, 3.8) is 0 Å². The molecule has 0 aromatic carbocycles. The molecular weight excluding hydrogens is 124 g/mol. The van der Waals surface area contributed by atoms with Gasteiger partial charge < -0.3 is 4.55 Å². The molecule has 8 heavy (non-hydrogen) atoms. The zero-order chi connectivity index (χ0) is 6.57. The van der Waals surface area contributed by atoms with E-state index in [0.29, 0.717) is 0 Å². The van der Waals surface area contributed by atoms with Gasteiger partial charge in [0, 0.05) is 0 Å². The van der Waals surface area contributed by atoms with Gasteiger partial charge in [-0.15, -0.1) is 0 Å². The molecule has 0 aromatic heterocycles. The summed E-state index contributed by atoms with van der Waals surface area (Å²) in [5, 5.41) is 0. The molecule has 0 rings (SSSR count). The van der Waals surface area contributed by atoms with Crippen molar-refractivity contribution in [1.82, 2.24) is 0 Å². The number of rotatable bonds is 2. The van der Waals surface area contributed by atoms with E-state index in [0.717, 1.165) is 5.57 Å². The summed E-state index contributed by atoms with van der Waals surface area (Å²) in [5.74, 6) is 0.252. The van der Waals surface area contributed by atoms with Crippen molar-refractivity contribution < 1.29 is 8.76 Å². The fraction of sp³-hybridized carbons (Fsp3) is 0.600. The van der Waals surface area contributed by atoms with E-state index >= 15 is 0 Å². The summed E-state index contributed by atoms with van der Waals surface area (Å²) in [7, 11) is 0. The van der Waals surface area contributed by atoms with Gasteiger partial charge in [-0.1, -0.05) is 11.6 Å². The van der Waals surface area contributed by atoms with Gasteiger partial charge in [-0.3, -0.25) is 0 Å². The van der Waals surface area contributed by atoms with Crippen molar-refractivity contribution in [2.75, 3.05) is 5.75 Å². The van der Waals surface area contributed by atoms with Crippen molar-refractivity contribution in [1.29, 1.82) is 0 Å². The predicted molar refractivity (Wildman–Crippen MR) is 35.1 cm³/mol. The van der Waals surface area contributed by atoms with Crippen molar-refractivity contribution >= 4 is 11.1 Å². The zero-order valence-corrected chi connectivity index (χ0v) is 5.86. The van der Waals surface area contributed by atoms with Crippen LogP contribution in [0.4, 0.5) is 0 Å². The topological polar surface area (TPSA) is 37.3 Å². The number of hydrogen-bond acceptors (Lipinski definition) is 1. The Balaban J connectivity index is 3.45. The van der Waals surface area contributed by atoms with Gasteiger partial charge in [0.25, 0.3) is 0 Å². The molecule has 0 saturated heterocycles. The van der Waals surface area contributed by atoms with E-state index in [1.165, 1.54) is 0 Å². The van der Waals surface area contributed by atoms with E-state index in [2.05, 4.69) is 0 Å². The monoisotopic (exact) mass is 134 g/mol. The van der Waals surface area contributed by atoms with Gasteiger partial charge in [-0.2, -0.15) is 0 Å². The van der Waals surface area contributed by atoms with Crippen LogP contribution in [0.2, 0.25) is 0 Å². The summed E-state index contributed by atoms with van der Waals surface area (Å²) in [5.41, 5.74) is 1.08. The van der Waals surface area contributed by atoms with Crippen LogP contribution in [-0.2, 0) is 11.1 Å². The fourth-order valence-corrected chi connectivity index (χ4v) is 0.714. The average Bonchev–Trinajstić information content (AvgIpc) is 1.61. The molecule has 0 radical (unpaired) electrons. The molecule has 3 heteroatoms. The Morgan fingerprint density at radius 1 is 1.75 bits per heavy atom. The summed E-state index contributed by atoms with van der Waals surface area (Å²) in [4.78, 5) is 0. The minimum Gasteiger partial charge on any atom is -0.306 e. The summed E-state index contributed by atoms with van der Waals surface area (Å²) in [6.45, 7) is 3.79. The highest BCUT2D eigenvalue weighted by Gasteiger charge is 1.85. The van der Waals surface area contributed by atoms with Crippen LogP contribution < -0.4 is 0 Å². The molecule has 0 spiro atoms. The van der Waals surface area contributed by atoms with Crippen LogP contribution in [0.15, 0.2) is 11.6 Å². The van der Waals surface area contributed by atoms with Crippen molar-refractivity contribution in [2.24, 2.45) is 0 Å². The molecule has 0 heterocycles. The molecule has 1 N–H and O–H groups in total. The average molecular weight is 134 g/mol. The van der Waals surface area contributed by atoms with Gasteiger partial charge in [-0.25, -0.2) is 4.21 Å². The third-order valence-electron chi connectivity index (χ3n) is 0.634. The predicted octanol–water partition coefficient (Wildman–Crippen LogP) is 1.17. The van der Waals surface area contributed by atoms with Gasteiger partial charge in [0.1, 0.15) is 0 Å². The van der Waals surface area contributed by atoms with Crippen LogP contribution in [-0.4, -0.2) is 14.5 Å². The highest BCUT2D eigenvalue weighted by Crippen LogP contribution is 1.87. The Morgan fingerprint density at radius 3 is 2.38 bits per heavy atom. The second kappa shape index (κ2) is 3.80. The lowest BCUT2D eigenvalue weighted by Gasteiger charge is -1.85. The van der Waals surface area contributed by atoms with Crippen LogP contribution in [0.5, 0.6) is 0 Å². The van der Waals surface area contributed by atoms with Gasteiger partial charge in [-0.05, 0) is 13.8 Å². The lowest BCUT2D eigenvalue weighted by atomic mass is 10.3. The lowest BCUT2D eigenvalue weighted by molar-refractivity contribution is 0.567. The summed E-state index contributed by atoms with van der Waals surface area (Å²) in [6.07, 6.45) is 1.73. The Morgan fingerprint density at radius 2 is 2.25 bits per heavy atom. The van der Waals surface area contributed by atoms with E-state index in [9.17, 15) is 4.21 Å². The quantitative estimate of drug-likeness (QED) is 0.454. The molecule has 0 fully saturated rings. The van der Waals surface area contributed by atoms with Crippen LogP contribution in [0.25, 0.3) is 0 Å². The van der Waals surface area contributed by atoms with E-state index in [1.54, 1.807) is 6.08 Å². The van der Waals surface area contributed by atoms with E-state index in [4.69, 9.17) is 4.55 Å². The highest BCUT2D eigenvalue weighted by molar-refractivity contribution is 7.79. The van der Waals surface area contributed by atoms with Gasteiger partial charge in [0.2, 0.25) is 0 Å².